The lowest BCUT2D eigenvalue weighted by Gasteiger charge is -2.31. The van der Waals surface area contributed by atoms with Crippen molar-refractivity contribution in [3.63, 3.8) is 0 Å². The van der Waals surface area contributed by atoms with Gasteiger partial charge in [0, 0.05) is 66.6 Å². The molecule has 7 heteroatoms. The minimum atomic E-state index is -3.46. The van der Waals surface area contributed by atoms with Crippen LogP contribution in [0.25, 0.3) is 110 Å². The van der Waals surface area contributed by atoms with Gasteiger partial charge in [-0.05, 0) is 70.0 Å². The molecule has 0 aliphatic carbocycles. The first-order chi connectivity index (χ1) is 32.2. The smallest absolute Gasteiger partial charge is 0.233 e. The summed E-state index contributed by atoms with van der Waals surface area (Å²) in [4.78, 5) is 10.7. The van der Waals surface area contributed by atoms with Crippen molar-refractivity contribution < 1.29 is 17.7 Å². The number of para-hydroxylation sites is 4. The monoisotopic (exact) mass is 850 g/mol. The lowest BCUT2D eigenvalue weighted by atomic mass is 10.0. The Labute approximate surface area is 371 Å². The summed E-state index contributed by atoms with van der Waals surface area (Å²) < 4.78 is 27.1. The fourth-order valence-corrected chi connectivity index (χ4v) is 15.1. The Morgan fingerprint density at radius 1 is 0.292 bits per heavy atom. The SMILES string of the molecule is c1ccc([Si](c2ccccc2)(c2nccc3c2oc2ccc(-c4cccc5c4oc4ccccc45)cc23)c2nccc3c2oc2ccc(-c4cccc5c4oc4ccccc45)cc23)cc1. The van der Waals surface area contributed by atoms with Gasteiger partial charge in [-0.25, -0.2) is 0 Å². The first-order valence-corrected chi connectivity index (χ1v) is 23.8. The number of hydrogen-bond acceptors (Lipinski definition) is 6. The first kappa shape index (κ1) is 36.0. The number of nitrogens with zero attached hydrogens (tertiary/aromatic N) is 2. The van der Waals surface area contributed by atoms with Gasteiger partial charge in [0.2, 0.25) is 8.07 Å². The molecule has 0 N–H and O–H groups in total. The van der Waals surface area contributed by atoms with Crippen LogP contribution in [0.3, 0.4) is 0 Å². The minimum Gasteiger partial charge on any atom is -0.455 e. The van der Waals surface area contributed by atoms with Crippen LogP contribution in [0.15, 0.2) is 224 Å². The molecule has 304 valence electrons. The number of benzene rings is 8. The van der Waals surface area contributed by atoms with Crippen molar-refractivity contribution in [1.29, 1.82) is 0 Å². The molecule has 0 aliphatic heterocycles. The maximum atomic E-state index is 7.05. The van der Waals surface area contributed by atoms with Crippen LogP contribution >= 0.6 is 0 Å². The Morgan fingerprint density at radius 3 is 1.15 bits per heavy atom. The summed E-state index contributed by atoms with van der Waals surface area (Å²) in [5.41, 5.74) is 10.6. The quantitative estimate of drug-likeness (QED) is 0.155. The number of pyridine rings is 2. The van der Waals surface area contributed by atoms with Gasteiger partial charge in [0.05, 0.1) is 10.6 Å². The van der Waals surface area contributed by atoms with Gasteiger partial charge >= 0.3 is 0 Å². The van der Waals surface area contributed by atoms with Crippen molar-refractivity contribution in [1.82, 2.24) is 9.97 Å². The predicted octanol–water partition coefficient (Wildman–Crippen LogP) is 12.8. The molecule has 0 fully saturated rings. The molecule has 0 atom stereocenters. The molecule has 0 unspecified atom stereocenters. The molecule has 6 aromatic heterocycles. The van der Waals surface area contributed by atoms with Crippen molar-refractivity contribution in [2.24, 2.45) is 0 Å². The highest BCUT2D eigenvalue weighted by Crippen LogP contribution is 2.40. The van der Waals surface area contributed by atoms with Gasteiger partial charge < -0.3 is 17.7 Å². The summed E-state index contributed by atoms with van der Waals surface area (Å²) in [6.07, 6.45) is 3.85. The second-order valence-electron chi connectivity index (χ2n) is 16.7. The van der Waals surface area contributed by atoms with Crippen LogP contribution in [-0.2, 0) is 0 Å². The highest BCUT2D eigenvalue weighted by Gasteiger charge is 2.49. The molecule has 0 spiro atoms. The molecule has 14 rings (SSSR count). The van der Waals surface area contributed by atoms with Crippen molar-refractivity contribution in [3.8, 4) is 22.3 Å². The van der Waals surface area contributed by atoms with Crippen LogP contribution < -0.4 is 21.0 Å². The van der Waals surface area contributed by atoms with Gasteiger partial charge in [0.25, 0.3) is 0 Å². The van der Waals surface area contributed by atoms with Gasteiger partial charge in [-0.3, -0.25) is 9.97 Å². The van der Waals surface area contributed by atoms with Gasteiger partial charge in [-0.2, -0.15) is 0 Å². The summed E-state index contributed by atoms with van der Waals surface area (Å²) in [5.74, 6) is 0. The summed E-state index contributed by atoms with van der Waals surface area (Å²) in [7, 11) is -3.46. The fraction of sp³-hybridized carbons (Fsp3) is 0. The Balaban J connectivity index is 1.02. The van der Waals surface area contributed by atoms with Crippen LogP contribution in [0.2, 0.25) is 0 Å². The van der Waals surface area contributed by atoms with E-state index in [-0.39, 0.29) is 0 Å². The Kier molecular flexibility index (Phi) is 7.61. The zero-order valence-electron chi connectivity index (χ0n) is 34.7. The topological polar surface area (TPSA) is 78.3 Å². The highest BCUT2D eigenvalue weighted by molar-refractivity contribution is 7.20. The van der Waals surface area contributed by atoms with Crippen molar-refractivity contribution in [2.45, 2.75) is 0 Å². The number of hydrogen-bond donors (Lipinski definition) is 0. The molecule has 6 heterocycles. The second-order valence-corrected chi connectivity index (χ2v) is 20.3. The van der Waals surface area contributed by atoms with E-state index in [9.17, 15) is 0 Å². The van der Waals surface area contributed by atoms with Crippen LogP contribution in [0.5, 0.6) is 0 Å². The van der Waals surface area contributed by atoms with E-state index in [0.29, 0.717) is 0 Å². The van der Waals surface area contributed by atoms with E-state index in [0.717, 1.165) is 131 Å². The lowest BCUT2D eigenvalue weighted by Crippen LogP contribution is -2.76. The summed E-state index contributed by atoms with van der Waals surface area (Å²) in [5, 5.41) is 12.3. The van der Waals surface area contributed by atoms with Crippen LogP contribution in [0, 0.1) is 0 Å². The van der Waals surface area contributed by atoms with Crippen LogP contribution in [0.4, 0.5) is 0 Å². The van der Waals surface area contributed by atoms with E-state index >= 15 is 0 Å². The Hall–Kier alpha value is -8.52. The Bertz CT molecular complexity index is 3930. The van der Waals surface area contributed by atoms with Gasteiger partial charge in [0.15, 0.2) is 11.2 Å². The number of furan rings is 4. The van der Waals surface area contributed by atoms with Gasteiger partial charge in [-0.15, -0.1) is 0 Å². The largest absolute Gasteiger partial charge is 0.455 e. The molecular formula is C58H34N2O4Si. The Morgan fingerprint density at radius 2 is 0.677 bits per heavy atom. The van der Waals surface area contributed by atoms with Crippen molar-refractivity contribution in [3.05, 3.63) is 207 Å². The van der Waals surface area contributed by atoms with Crippen molar-refractivity contribution >= 4 is 117 Å². The van der Waals surface area contributed by atoms with E-state index < -0.39 is 8.07 Å². The van der Waals surface area contributed by atoms with Crippen molar-refractivity contribution in [2.75, 3.05) is 0 Å². The van der Waals surface area contributed by atoms with E-state index in [1.54, 1.807) is 0 Å². The van der Waals surface area contributed by atoms with Crippen LogP contribution in [0.1, 0.15) is 0 Å². The molecule has 0 radical (unpaired) electrons. The maximum Gasteiger partial charge on any atom is 0.233 e. The fourth-order valence-electron chi connectivity index (χ4n) is 10.4. The predicted molar refractivity (Wildman–Crippen MR) is 266 cm³/mol. The van der Waals surface area contributed by atoms with Gasteiger partial charge in [-0.1, -0.05) is 146 Å². The average molecular weight is 851 g/mol. The summed E-state index contributed by atoms with van der Waals surface area (Å²) in [6.45, 7) is 0. The molecule has 0 saturated carbocycles. The standard InChI is InChI=1S/C58H34N2O4Si/c1-3-13-37(14-4-1)65(38-15-5-2-6-16-38,57-55-45(29-31-59-57)47-33-35(25-27-51(47)63-55)39-19-11-21-43-41-17-7-9-23-49(41)61-53(39)43)58-56-46(30-32-60-58)48-34-36(26-28-52(48)64-56)40-20-12-22-44-42-18-8-10-24-50(42)62-54(40)44/h1-34H. The normalized spacial score (nSPS) is 12.3. The molecule has 8 aromatic carbocycles. The molecule has 0 amide bonds. The second kappa shape index (κ2) is 13.7. The highest BCUT2D eigenvalue weighted by atomic mass is 28.3. The zero-order chi connectivity index (χ0) is 42.6. The number of rotatable bonds is 6. The molecule has 6 nitrogen and oxygen atoms in total. The first-order valence-electron chi connectivity index (χ1n) is 21.8. The zero-order valence-corrected chi connectivity index (χ0v) is 35.7. The third-order valence-electron chi connectivity index (χ3n) is 13.3. The molecule has 0 saturated heterocycles. The number of fused-ring (bicyclic) bond motifs is 12. The van der Waals surface area contributed by atoms with E-state index in [1.807, 2.05) is 36.7 Å². The molecule has 0 aliphatic rings. The number of aromatic nitrogens is 2. The van der Waals surface area contributed by atoms with Gasteiger partial charge in [0.1, 0.15) is 33.5 Å². The lowest BCUT2D eigenvalue weighted by molar-refractivity contribution is 0.668. The van der Waals surface area contributed by atoms with E-state index in [1.165, 1.54) is 0 Å². The summed E-state index contributed by atoms with van der Waals surface area (Å²) >= 11 is 0. The van der Waals surface area contributed by atoms with Crippen LogP contribution in [-0.4, -0.2) is 18.0 Å². The third kappa shape index (κ3) is 5.15. The molecule has 65 heavy (non-hydrogen) atoms. The molecule has 14 aromatic rings. The average Bonchev–Trinajstić information content (AvgIpc) is 4.15. The van der Waals surface area contributed by atoms with E-state index in [4.69, 9.17) is 27.6 Å². The minimum absolute atomic E-state index is 0.733. The third-order valence-corrected chi connectivity index (χ3v) is 17.9. The molecular weight excluding hydrogens is 817 g/mol. The summed E-state index contributed by atoms with van der Waals surface area (Å²) in [6, 6.07) is 67.5. The van der Waals surface area contributed by atoms with E-state index in [2.05, 4.69) is 170 Å². The molecule has 0 bridgehead atoms. The maximum absolute atomic E-state index is 7.05.